The van der Waals surface area contributed by atoms with Gasteiger partial charge in [0.2, 0.25) is 0 Å². The summed E-state index contributed by atoms with van der Waals surface area (Å²) in [5.41, 5.74) is 9.83. The second kappa shape index (κ2) is 6.64. The van der Waals surface area contributed by atoms with Gasteiger partial charge in [-0.3, -0.25) is 4.79 Å². The summed E-state index contributed by atoms with van der Waals surface area (Å²) in [5.74, 6) is 0.0513. The van der Waals surface area contributed by atoms with Crippen molar-refractivity contribution in [2.24, 2.45) is 0 Å². The molecule has 3 nitrogen and oxygen atoms in total. The Bertz CT molecular complexity index is 1610. The topological polar surface area (TPSA) is 33.2 Å². The van der Waals surface area contributed by atoms with E-state index in [-0.39, 0.29) is 11.2 Å². The number of hydrogen-bond donors (Lipinski definition) is 0. The van der Waals surface area contributed by atoms with Crippen LogP contribution in [0.25, 0.3) is 22.2 Å². The van der Waals surface area contributed by atoms with E-state index in [9.17, 15) is 4.79 Å². The zero-order valence-corrected chi connectivity index (χ0v) is 19.0. The summed E-state index contributed by atoms with van der Waals surface area (Å²) in [5, 5.41) is 0.990. The molecular formula is C31H22N2O. The van der Waals surface area contributed by atoms with Gasteiger partial charge in [0.1, 0.15) is 0 Å². The Kier molecular flexibility index (Phi) is 3.76. The zero-order valence-electron chi connectivity index (χ0n) is 19.0. The number of fused-ring (bicyclic) bond motifs is 6. The molecule has 0 bridgehead atoms. The SMILES string of the molecule is CC1(C)c2ccccc2N(c2ccc3c(c2)-c2nc4ccccc4cc2C3=O)c2ccccc21. The molecule has 4 aromatic carbocycles. The predicted octanol–water partition coefficient (Wildman–Crippen LogP) is 7.56. The van der Waals surface area contributed by atoms with Gasteiger partial charge in [0.15, 0.2) is 5.78 Å². The van der Waals surface area contributed by atoms with E-state index in [1.807, 2.05) is 36.4 Å². The Morgan fingerprint density at radius 2 is 1.32 bits per heavy atom. The molecule has 0 N–H and O–H groups in total. The number of pyridine rings is 1. The minimum absolute atomic E-state index is 0.0513. The second-order valence-electron chi connectivity index (χ2n) is 9.63. The van der Waals surface area contributed by atoms with Crippen LogP contribution in [-0.2, 0) is 5.41 Å². The largest absolute Gasteiger partial charge is 0.310 e. The number of benzene rings is 4. The Morgan fingerprint density at radius 1 is 0.676 bits per heavy atom. The van der Waals surface area contributed by atoms with Crippen molar-refractivity contribution in [3.05, 3.63) is 119 Å². The maximum Gasteiger partial charge on any atom is 0.195 e. The standard InChI is InChI=1S/C31H22N2O/c1-31(2)24-10-4-7-13-27(24)33(28-14-8-5-11-25(28)31)20-15-16-21-22(18-20)29-23(30(21)34)17-19-9-3-6-12-26(19)32-29/h3-18H,1-2H3. The highest BCUT2D eigenvalue weighted by Gasteiger charge is 2.37. The van der Waals surface area contributed by atoms with Gasteiger partial charge >= 0.3 is 0 Å². The molecule has 34 heavy (non-hydrogen) atoms. The third-order valence-electron chi connectivity index (χ3n) is 7.37. The molecule has 1 aliphatic carbocycles. The first kappa shape index (κ1) is 19.2. The lowest BCUT2D eigenvalue weighted by atomic mass is 9.73. The minimum atomic E-state index is -0.108. The first-order chi connectivity index (χ1) is 16.5. The van der Waals surface area contributed by atoms with Crippen molar-refractivity contribution in [2.75, 3.05) is 4.90 Å². The molecule has 1 aliphatic heterocycles. The molecule has 0 atom stereocenters. The second-order valence-corrected chi connectivity index (χ2v) is 9.63. The van der Waals surface area contributed by atoms with E-state index in [0.717, 1.165) is 33.4 Å². The van der Waals surface area contributed by atoms with Crippen LogP contribution >= 0.6 is 0 Å². The van der Waals surface area contributed by atoms with Crippen molar-refractivity contribution in [3.63, 3.8) is 0 Å². The third-order valence-corrected chi connectivity index (χ3v) is 7.37. The third kappa shape index (κ3) is 2.47. The van der Waals surface area contributed by atoms with Gasteiger partial charge in [-0.15, -0.1) is 0 Å². The lowest BCUT2D eigenvalue weighted by Gasteiger charge is -2.42. The Hall–Kier alpha value is -4.24. The van der Waals surface area contributed by atoms with Gasteiger partial charge in [0.05, 0.1) is 22.6 Å². The van der Waals surface area contributed by atoms with Crippen molar-refractivity contribution in [3.8, 4) is 11.3 Å². The number of hydrogen-bond acceptors (Lipinski definition) is 3. The number of carbonyl (C=O) groups is 1. The molecule has 2 aliphatic rings. The predicted molar refractivity (Wildman–Crippen MR) is 137 cm³/mol. The van der Waals surface area contributed by atoms with Crippen LogP contribution in [0.2, 0.25) is 0 Å². The molecule has 2 heterocycles. The average molecular weight is 439 g/mol. The number of para-hydroxylation sites is 3. The van der Waals surface area contributed by atoms with E-state index in [1.54, 1.807) is 0 Å². The average Bonchev–Trinajstić information content (AvgIpc) is 3.13. The van der Waals surface area contributed by atoms with Crippen LogP contribution in [0.15, 0.2) is 97.1 Å². The van der Waals surface area contributed by atoms with E-state index in [0.29, 0.717) is 5.56 Å². The van der Waals surface area contributed by atoms with Crippen molar-refractivity contribution in [2.45, 2.75) is 19.3 Å². The molecule has 0 radical (unpaired) electrons. The van der Waals surface area contributed by atoms with E-state index >= 15 is 0 Å². The lowest BCUT2D eigenvalue weighted by Crippen LogP contribution is -2.30. The smallest absolute Gasteiger partial charge is 0.195 e. The minimum Gasteiger partial charge on any atom is -0.310 e. The summed E-state index contributed by atoms with van der Waals surface area (Å²) < 4.78 is 0. The Morgan fingerprint density at radius 3 is 2.06 bits per heavy atom. The summed E-state index contributed by atoms with van der Waals surface area (Å²) in [4.78, 5) is 20.5. The van der Waals surface area contributed by atoms with E-state index in [2.05, 4.69) is 79.4 Å². The normalized spacial score (nSPS) is 15.0. The zero-order chi connectivity index (χ0) is 23.0. The van der Waals surface area contributed by atoms with Crippen molar-refractivity contribution >= 4 is 33.7 Å². The highest BCUT2D eigenvalue weighted by molar-refractivity contribution is 6.22. The number of aromatic nitrogens is 1. The molecule has 7 rings (SSSR count). The molecule has 0 fully saturated rings. The van der Waals surface area contributed by atoms with Crippen LogP contribution in [0.5, 0.6) is 0 Å². The Labute approximate surface area is 198 Å². The van der Waals surface area contributed by atoms with Crippen LogP contribution in [0, 0.1) is 0 Å². The maximum atomic E-state index is 13.2. The van der Waals surface area contributed by atoms with Gasteiger partial charge in [0, 0.05) is 33.2 Å². The number of carbonyl (C=O) groups excluding carboxylic acids is 1. The summed E-state index contributed by atoms with van der Waals surface area (Å²) in [7, 11) is 0. The van der Waals surface area contributed by atoms with Gasteiger partial charge in [-0.1, -0.05) is 68.4 Å². The summed E-state index contributed by atoms with van der Waals surface area (Å²) >= 11 is 0. The highest BCUT2D eigenvalue weighted by atomic mass is 16.1. The number of anilines is 3. The number of ketones is 1. The van der Waals surface area contributed by atoms with Crippen LogP contribution in [0.4, 0.5) is 17.1 Å². The van der Waals surface area contributed by atoms with E-state index in [4.69, 9.17) is 4.98 Å². The molecule has 162 valence electrons. The van der Waals surface area contributed by atoms with E-state index < -0.39 is 0 Å². The highest BCUT2D eigenvalue weighted by Crippen LogP contribution is 2.52. The number of rotatable bonds is 1. The fraction of sp³-hybridized carbons (Fsp3) is 0.0968. The monoisotopic (exact) mass is 438 g/mol. The molecule has 0 saturated carbocycles. The van der Waals surface area contributed by atoms with Gasteiger partial charge in [-0.2, -0.15) is 0 Å². The van der Waals surface area contributed by atoms with Gasteiger partial charge < -0.3 is 4.90 Å². The van der Waals surface area contributed by atoms with Gasteiger partial charge in [-0.25, -0.2) is 4.98 Å². The van der Waals surface area contributed by atoms with Crippen molar-refractivity contribution < 1.29 is 4.79 Å². The van der Waals surface area contributed by atoms with Crippen LogP contribution in [0.1, 0.15) is 40.9 Å². The van der Waals surface area contributed by atoms with Crippen LogP contribution in [0.3, 0.4) is 0 Å². The summed E-state index contributed by atoms with van der Waals surface area (Å²) in [6.45, 7) is 4.57. The van der Waals surface area contributed by atoms with Gasteiger partial charge in [0.25, 0.3) is 0 Å². The van der Waals surface area contributed by atoms with E-state index in [1.165, 1.54) is 22.5 Å². The van der Waals surface area contributed by atoms with Crippen molar-refractivity contribution in [1.82, 2.24) is 4.98 Å². The first-order valence-electron chi connectivity index (χ1n) is 11.6. The fourth-order valence-electron chi connectivity index (χ4n) is 5.65. The molecule has 3 heteroatoms. The Balaban J connectivity index is 1.47. The van der Waals surface area contributed by atoms with Crippen LogP contribution in [-0.4, -0.2) is 10.8 Å². The molecule has 0 unspecified atom stereocenters. The molecule has 0 spiro atoms. The number of nitrogens with zero attached hydrogens (tertiary/aromatic N) is 2. The van der Waals surface area contributed by atoms with Crippen LogP contribution < -0.4 is 4.90 Å². The molecule has 5 aromatic rings. The van der Waals surface area contributed by atoms with Gasteiger partial charge in [-0.05, 0) is 53.6 Å². The summed E-state index contributed by atoms with van der Waals surface area (Å²) in [6.07, 6.45) is 0. The van der Waals surface area contributed by atoms with Crippen molar-refractivity contribution in [1.29, 1.82) is 0 Å². The fourth-order valence-corrected chi connectivity index (χ4v) is 5.65. The maximum absolute atomic E-state index is 13.2. The summed E-state index contributed by atoms with van der Waals surface area (Å²) in [6, 6.07) is 33.3. The molecular weight excluding hydrogens is 416 g/mol. The molecule has 0 amide bonds. The molecule has 1 aromatic heterocycles. The molecule has 0 saturated heterocycles. The first-order valence-corrected chi connectivity index (χ1v) is 11.6. The quantitative estimate of drug-likeness (QED) is 0.266. The lowest BCUT2D eigenvalue weighted by molar-refractivity contribution is 0.104.